The van der Waals surface area contributed by atoms with Crippen LogP contribution in [0.15, 0.2) is 82.2 Å². The van der Waals surface area contributed by atoms with Crippen molar-refractivity contribution in [3.63, 3.8) is 0 Å². The van der Waals surface area contributed by atoms with Gasteiger partial charge in [-0.25, -0.2) is 4.90 Å². The van der Waals surface area contributed by atoms with E-state index in [2.05, 4.69) is 5.32 Å². The molecule has 162 valence electrons. The number of thioether (sulfide) groups is 1. The molecule has 0 bridgehead atoms. The first kappa shape index (κ1) is 21.7. The van der Waals surface area contributed by atoms with Crippen molar-refractivity contribution in [1.82, 2.24) is 0 Å². The smallest absolute Gasteiger partial charge is 0.283 e. The number of hydrogen-bond donors (Lipinski definition) is 1. The second-order valence-electron chi connectivity index (χ2n) is 7.69. The zero-order chi connectivity index (χ0) is 22.8. The van der Waals surface area contributed by atoms with E-state index in [4.69, 9.17) is 4.74 Å². The summed E-state index contributed by atoms with van der Waals surface area (Å²) in [6.07, 6.45) is 0. The molecule has 5 nitrogen and oxygen atoms in total. The Hall–Kier alpha value is -3.51. The van der Waals surface area contributed by atoms with Crippen molar-refractivity contribution in [2.75, 3.05) is 17.3 Å². The Morgan fingerprint density at radius 1 is 0.812 bits per heavy atom. The van der Waals surface area contributed by atoms with Crippen molar-refractivity contribution in [1.29, 1.82) is 0 Å². The van der Waals surface area contributed by atoms with Gasteiger partial charge in [0.1, 0.15) is 16.4 Å². The van der Waals surface area contributed by atoms with Crippen LogP contribution in [-0.2, 0) is 9.59 Å². The summed E-state index contributed by atoms with van der Waals surface area (Å²) in [5.41, 5.74) is 4.94. The van der Waals surface area contributed by atoms with E-state index < -0.39 is 0 Å². The van der Waals surface area contributed by atoms with Gasteiger partial charge in [-0.2, -0.15) is 0 Å². The zero-order valence-electron chi connectivity index (χ0n) is 18.4. The lowest BCUT2D eigenvalue weighted by Crippen LogP contribution is -2.32. The number of amides is 2. The minimum Gasteiger partial charge on any atom is -0.497 e. The SMILES string of the molecule is COc1ccc(N2C(=O)C(Nc3ccc(C)c(C)c3)=C(Sc3ccc(C)cc3)C2=O)cc1. The predicted molar refractivity (Wildman–Crippen MR) is 129 cm³/mol. The molecule has 6 heteroatoms. The van der Waals surface area contributed by atoms with Gasteiger partial charge in [0.25, 0.3) is 11.8 Å². The number of nitrogens with zero attached hydrogens (tertiary/aromatic N) is 1. The van der Waals surface area contributed by atoms with Crippen LogP contribution in [0.2, 0.25) is 0 Å². The van der Waals surface area contributed by atoms with E-state index in [0.29, 0.717) is 16.3 Å². The topological polar surface area (TPSA) is 58.6 Å². The lowest BCUT2D eigenvalue weighted by molar-refractivity contribution is -0.120. The maximum atomic E-state index is 13.4. The lowest BCUT2D eigenvalue weighted by Gasteiger charge is -2.16. The summed E-state index contributed by atoms with van der Waals surface area (Å²) >= 11 is 1.29. The predicted octanol–water partition coefficient (Wildman–Crippen LogP) is 5.61. The molecule has 1 N–H and O–H groups in total. The van der Waals surface area contributed by atoms with Gasteiger partial charge in [0.2, 0.25) is 0 Å². The number of carbonyl (C=O) groups excluding carboxylic acids is 2. The number of nitrogens with one attached hydrogen (secondary N) is 1. The summed E-state index contributed by atoms with van der Waals surface area (Å²) in [5.74, 6) is -0.0754. The van der Waals surface area contributed by atoms with Crippen molar-refractivity contribution in [2.45, 2.75) is 25.7 Å². The van der Waals surface area contributed by atoms with Crippen LogP contribution in [0.4, 0.5) is 11.4 Å². The molecule has 1 aliphatic rings. The first-order valence-electron chi connectivity index (χ1n) is 10.2. The van der Waals surface area contributed by atoms with E-state index in [1.54, 1.807) is 31.4 Å². The zero-order valence-corrected chi connectivity index (χ0v) is 19.2. The molecule has 0 aromatic heterocycles. The minimum absolute atomic E-state index is 0.277. The van der Waals surface area contributed by atoms with Gasteiger partial charge in [-0.05, 0) is 80.4 Å². The molecule has 0 radical (unpaired) electrons. The van der Waals surface area contributed by atoms with E-state index in [1.165, 1.54) is 16.7 Å². The fraction of sp³-hybridized carbons (Fsp3) is 0.154. The molecule has 0 spiro atoms. The molecular formula is C26H24N2O3S. The van der Waals surface area contributed by atoms with Crippen LogP contribution in [0.1, 0.15) is 16.7 Å². The average molecular weight is 445 g/mol. The Kier molecular flexibility index (Phi) is 6.06. The summed E-state index contributed by atoms with van der Waals surface area (Å²) in [5, 5.41) is 3.22. The fourth-order valence-corrected chi connectivity index (χ4v) is 4.29. The van der Waals surface area contributed by atoms with Gasteiger partial charge in [0.05, 0.1) is 12.8 Å². The third-order valence-corrected chi connectivity index (χ3v) is 6.48. The Morgan fingerprint density at radius 3 is 2.12 bits per heavy atom. The highest BCUT2D eigenvalue weighted by Gasteiger charge is 2.40. The normalized spacial score (nSPS) is 13.7. The molecule has 4 rings (SSSR count). The lowest BCUT2D eigenvalue weighted by atomic mass is 10.1. The van der Waals surface area contributed by atoms with Gasteiger partial charge < -0.3 is 10.1 Å². The van der Waals surface area contributed by atoms with Crippen LogP contribution in [0.25, 0.3) is 0 Å². The number of carbonyl (C=O) groups is 2. The van der Waals surface area contributed by atoms with E-state index in [1.807, 2.05) is 63.2 Å². The van der Waals surface area contributed by atoms with Crippen molar-refractivity contribution in [3.05, 3.63) is 94.0 Å². The van der Waals surface area contributed by atoms with E-state index in [0.717, 1.165) is 27.3 Å². The second kappa shape index (κ2) is 8.93. The summed E-state index contributed by atoms with van der Waals surface area (Å²) in [6, 6.07) is 20.7. The largest absolute Gasteiger partial charge is 0.497 e. The summed E-state index contributed by atoms with van der Waals surface area (Å²) in [6.45, 7) is 6.06. The molecule has 0 unspecified atom stereocenters. The monoisotopic (exact) mass is 444 g/mol. The molecule has 0 saturated heterocycles. The van der Waals surface area contributed by atoms with Gasteiger partial charge in [-0.15, -0.1) is 0 Å². The molecular weight excluding hydrogens is 420 g/mol. The first-order valence-corrected chi connectivity index (χ1v) is 11.0. The highest BCUT2D eigenvalue weighted by molar-refractivity contribution is 8.04. The maximum absolute atomic E-state index is 13.4. The van der Waals surface area contributed by atoms with Crippen LogP contribution in [0, 0.1) is 20.8 Å². The summed E-state index contributed by atoms with van der Waals surface area (Å²) in [7, 11) is 1.57. The molecule has 1 aliphatic heterocycles. The number of benzene rings is 3. The third kappa shape index (κ3) is 4.27. The number of ether oxygens (including phenoxy) is 1. The third-order valence-electron chi connectivity index (χ3n) is 5.39. The molecule has 1 heterocycles. The number of aryl methyl sites for hydroxylation is 3. The Labute approximate surface area is 192 Å². The van der Waals surface area contributed by atoms with Gasteiger partial charge in [-0.3, -0.25) is 9.59 Å². The Bertz CT molecular complexity index is 1210. The first-order chi connectivity index (χ1) is 15.4. The highest BCUT2D eigenvalue weighted by Crippen LogP contribution is 2.38. The van der Waals surface area contributed by atoms with Crippen LogP contribution in [0.5, 0.6) is 5.75 Å². The van der Waals surface area contributed by atoms with Gasteiger partial charge in [0, 0.05) is 10.6 Å². The van der Waals surface area contributed by atoms with Crippen LogP contribution < -0.4 is 15.0 Å². The highest BCUT2D eigenvalue weighted by atomic mass is 32.2. The molecule has 0 atom stereocenters. The van der Waals surface area contributed by atoms with Crippen LogP contribution in [-0.4, -0.2) is 18.9 Å². The Morgan fingerprint density at radius 2 is 1.50 bits per heavy atom. The Balaban J connectivity index is 1.73. The van der Waals surface area contributed by atoms with Crippen LogP contribution >= 0.6 is 11.8 Å². The number of methoxy groups -OCH3 is 1. The summed E-state index contributed by atoms with van der Waals surface area (Å²) < 4.78 is 5.20. The van der Waals surface area contributed by atoms with Crippen molar-refractivity contribution in [3.8, 4) is 5.75 Å². The van der Waals surface area contributed by atoms with Crippen molar-refractivity contribution < 1.29 is 14.3 Å². The number of rotatable bonds is 6. The van der Waals surface area contributed by atoms with E-state index in [-0.39, 0.29) is 17.5 Å². The van der Waals surface area contributed by atoms with E-state index >= 15 is 0 Å². The van der Waals surface area contributed by atoms with Crippen LogP contribution in [0.3, 0.4) is 0 Å². The van der Waals surface area contributed by atoms with Crippen molar-refractivity contribution in [2.24, 2.45) is 0 Å². The van der Waals surface area contributed by atoms with Gasteiger partial charge in [-0.1, -0.05) is 35.5 Å². The van der Waals surface area contributed by atoms with Gasteiger partial charge >= 0.3 is 0 Å². The standard InChI is InChI=1S/C26H24N2O3S/c1-16-5-13-22(14-6-16)32-24-23(27-19-8-7-17(2)18(3)15-19)25(29)28(26(24)30)20-9-11-21(31-4)12-10-20/h5-15,27H,1-4H3. The molecule has 2 amide bonds. The second-order valence-corrected chi connectivity index (χ2v) is 8.77. The molecule has 32 heavy (non-hydrogen) atoms. The quantitative estimate of drug-likeness (QED) is 0.501. The fourth-order valence-electron chi connectivity index (χ4n) is 3.37. The molecule has 3 aromatic rings. The number of hydrogen-bond acceptors (Lipinski definition) is 5. The number of anilines is 2. The summed E-state index contributed by atoms with van der Waals surface area (Å²) in [4.78, 5) is 29.3. The van der Waals surface area contributed by atoms with E-state index in [9.17, 15) is 9.59 Å². The molecule has 3 aromatic carbocycles. The van der Waals surface area contributed by atoms with Gasteiger partial charge in [0.15, 0.2) is 0 Å². The minimum atomic E-state index is -0.381. The average Bonchev–Trinajstić information content (AvgIpc) is 3.01. The molecule has 0 saturated carbocycles. The molecule has 0 fully saturated rings. The maximum Gasteiger partial charge on any atom is 0.283 e. The van der Waals surface area contributed by atoms with Crippen molar-refractivity contribution >= 4 is 35.0 Å². The number of imide groups is 1. The molecule has 0 aliphatic carbocycles.